The zero-order chi connectivity index (χ0) is 18.6. The fourth-order valence-corrected chi connectivity index (χ4v) is 4.77. The fourth-order valence-electron chi connectivity index (χ4n) is 4.11. The van der Waals surface area contributed by atoms with Crippen molar-refractivity contribution in [2.45, 2.75) is 45.1 Å². The summed E-state index contributed by atoms with van der Waals surface area (Å²) < 4.78 is 35.8. The molecule has 0 bridgehead atoms. The van der Waals surface area contributed by atoms with Gasteiger partial charge in [0.25, 0.3) is 0 Å². The van der Waals surface area contributed by atoms with Crippen molar-refractivity contribution in [3.05, 3.63) is 29.8 Å². The molecule has 0 radical (unpaired) electrons. The highest BCUT2D eigenvalue weighted by atomic mass is 32.2. The summed E-state index contributed by atoms with van der Waals surface area (Å²) in [4.78, 5) is 13.5. The molecule has 2 heterocycles. The molecule has 7 nitrogen and oxygen atoms in total. The Balaban J connectivity index is 1.50. The van der Waals surface area contributed by atoms with Crippen molar-refractivity contribution in [1.82, 2.24) is 4.72 Å². The first-order valence-electron chi connectivity index (χ1n) is 9.23. The molecule has 3 atom stereocenters. The Labute approximate surface area is 154 Å². The molecule has 1 aromatic rings. The summed E-state index contributed by atoms with van der Waals surface area (Å²) in [6, 6.07) is 7.11. The van der Waals surface area contributed by atoms with E-state index in [0.717, 1.165) is 24.8 Å². The number of rotatable bonds is 5. The molecule has 0 aliphatic carbocycles. The van der Waals surface area contributed by atoms with Gasteiger partial charge in [0.05, 0.1) is 19.1 Å². The molecule has 0 saturated carbocycles. The topological polar surface area (TPSA) is 86.1 Å². The first kappa shape index (κ1) is 19.0. The maximum atomic E-state index is 12.0. The molecule has 3 rings (SSSR count). The number of fused-ring (bicyclic) bond motifs is 1. The Morgan fingerprint density at radius 2 is 2.04 bits per heavy atom. The number of benzene rings is 1. The van der Waals surface area contributed by atoms with E-state index >= 15 is 0 Å². The Hall–Kier alpha value is -1.80. The largest absolute Gasteiger partial charge is 0.448 e. The van der Waals surface area contributed by atoms with Gasteiger partial charge in [0.15, 0.2) is 0 Å². The Kier molecular flexibility index (Phi) is 6.03. The number of quaternary nitrogens is 1. The van der Waals surface area contributed by atoms with Gasteiger partial charge in [-0.15, -0.1) is 0 Å². The predicted octanol–water partition coefficient (Wildman–Crippen LogP) is 1.19. The van der Waals surface area contributed by atoms with Crippen LogP contribution in [-0.2, 0) is 15.0 Å². The number of amides is 1. The van der Waals surface area contributed by atoms with E-state index in [4.69, 9.17) is 8.92 Å². The molecule has 3 unspecified atom stereocenters. The summed E-state index contributed by atoms with van der Waals surface area (Å²) in [6.45, 7) is 4.44. The third-order valence-electron chi connectivity index (χ3n) is 5.26. The van der Waals surface area contributed by atoms with Gasteiger partial charge in [-0.1, -0.05) is 12.1 Å². The molecule has 2 N–H and O–H groups in total. The van der Waals surface area contributed by atoms with Gasteiger partial charge in [0, 0.05) is 5.92 Å². The summed E-state index contributed by atoms with van der Waals surface area (Å²) >= 11 is 0. The normalized spacial score (nSPS) is 25.8. The van der Waals surface area contributed by atoms with Crippen LogP contribution in [0, 0.1) is 12.8 Å². The number of piperidine rings is 2. The number of ether oxygens (including phenoxy) is 1. The van der Waals surface area contributed by atoms with E-state index in [1.807, 2.05) is 17.7 Å². The number of carbonyl (C=O) groups excluding carboxylic acids is 1. The lowest BCUT2D eigenvalue weighted by Gasteiger charge is -2.40. The highest BCUT2D eigenvalue weighted by molar-refractivity contribution is 7.85. The van der Waals surface area contributed by atoms with Crippen molar-refractivity contribution in [2.24, 2.45) is 5.92 Å². The van der Waals surface area contributed by atoms with Gasteiger partial charge in [-0.3, -0.25) is 0 Å². The van der Waals surface area contributed by atoms with Crippen molar-refractivity contribution in [3.63, 3.8) is 0 Å². The highest BCUT2D eigenvalue weighted by Crippen LogP contribution is 2.20. The van der Waals surface area contributed by atoms with Crippen molar-refractivity contribution in [1.29, 1.82) is 0 Å². The number of nitrogens with one attached hydrogen (secondary N) is 2. The number of hydrogen-bond acceptors (Lipinski definition) is 5. The molecule has 1 aromatic carbocycles. The van der Waals surface area contributed by atoms with Crippen LogP contribution in [-0.4, -0.2) is 40.2 Å². The van der Waals surface area contributed by atoms with E-state index in [1.54, 1.807) is 17.0 Å². The second-order valence-corrected chi connectivity index (χ2v) is 8.50. The van der Waals surface area contributed by atoms with Gasteiger partial charge >= 0.3 is 16.4 Å². The van der Waals surface area contributed by atoms with Crippen LogP contribution in [0.3, 0.4) is 0 Å². The quantitative estimate of drug-likeness (QED) is 0.798. The fraction of sp³-hybridized carbons (Fsp3) is 0.611. The molecule has 2 fully saturated rings. The van der Waals surface area contributed by atoms with Crippen LogP contribution in [0.1, 0.15) is 37.7 Å². The SMILES string of the molecule is Cc1cccc(OS(=O)(=O)NC(=O)OCC2CCC[NH+]3CCCCC23)c1. The summed E-state index contributed by atoms with van der Waals surface area (Å²) in [5.41, 5.74) is 0.858. The van der Waals surface area contributed by atoms with E-state index in [-0.39, 0.29) is 12.4 Å². The van der Waals surface area contributed by atoms with Crippen LogP contribution >= 0.6 is 0 Å². The summed E-state index contributed by atoms with van der Waals surface area (Å²) in [5, 5.41) is 0. The summed E-state index contributed by atoms with van der Waals surface area (Å²) in [5.74, 6) is 0.448. The van der Waals surface area contributed by atoms with E-state index in [0.29, 0.717) is 12.0 Å². The molecule has 0 aromatic heterocycles. The number of hydrogen-bond donors (Lipinski definition) is 2. The van der Waals surface area contributed by atoms with Crippen LogP contribution in [0.5, 0.6) is 5.75 Å². The molecule has 2 saturated heterocycles. The van der Waals surface area contributed by atoms with Crippen LogP contribution in [0.2, 0.25) is 0 Å². The molecule has 8 heteroatoms. The zero-order valence-corrected chi connectivity index (χ0v) is 15.9. The first-order chi connectivity index (χ1) is 12.4. The minimum atomic E-state index is -4.26. The van der Waals surface area contributed by atoms with Gasteiger partial charge in [0.1, 0.15) is 12.4 Å². The van der Waals surface area contributed by atoms with E-state index in [1.165, 1.54) is 32.0 Å². The van der Waals surface area contributed by atoms with Crippen LogP contribution in [0.4, 0.5) is 4.79 Å². The minimum absolute atomic E-state index is 0.152. The zero-order valence-electron chi connectivity index (χ0n) is 15.1. The van der Waals surface area contributed by atoms with E-state index in [9.17, 15) is 13.2 Å². The highest BCUT2D eigenvalue weighted by Gasteiger charge is 2.37. The van der Waals surface area contributed by atoms with Gasteiger partial charge in [-0.2, -0.15) is 13.1 Å². The van der Waals surface area contributed by atoms with Crippen molar-refractivity contribution in [3.8, 4) is 5.75 Å². The number of carbonyl (C=O) groups is 1. The van der Waals surface area contributed by atoms with Crippen LogP contribution in [0.15, 0.2) is 24.3 Å². The maximum absolute atomic E-state index is 12.0. The molecule has 2 aliphatic rings. The predicted molar refractivity (Wildman–Crippen MR) is 96.3 cm³/mol. The molecule has 1 amide bonds. The summed E-state index contributed by atoms with van der Waals surface area (Å²) in [7, 11) is -4.26. The maximum Gasteiger partial charge on any atom is 0.423 e. The van der Waals surface area contributed by atoms with Gasteiger partial charge in [-0.05, 0) is 56.7 Å². The molecular weight excluding hydrogens is 356 g/mol. The third-order valence-corrected chi connectivity index (χ3v) is 6.09. The van der Waals surface area contributed by atoms with E-state index < -0.39 is 16.4 Å². The van der Waals surface area contributed by atoms with Crippen molar-refractivity contribution in [2.75, 3.05) is 19.7 Å². The molecular formula is C18H27N2O5S+. The third kappa shape index (κ3) is 5.11. The molecule has 0 spiro atoms. The van der Waals surface area contributed by atoms with Crippen molar-refractivity contribution >= 4 is 16.4 Å². The van der Waals surface area contributed by atoms with E-state index in [2.05, 4.69) is 0 Å². The Morgan fingerprint density at radius 1 is 1.23 bits per heavy atom. The first-order valence-corrected chi connectivity index (χ1v) is 10.6. The molecule has 26 heavy (non-hydrogen) atoms. The lowest BCUT2D eigenvalue weighted by atomic mass is 9.84. The van der Waals surface area contributed by atoms with Gasteiger partial charge in [-0.25, -0.2) is 4.79 Å². The summed E-state index contributed by atoms with van der Waals surface area (Å²) in [6.07, 6.45) is 4.79. The van der Waals surface area contributed by atoms with Gasteiger partial charge < -0.3 is 13.8 Å². The van der Waals surface area contributed by atoms with Gasteiger partial charge in [0.2, 0.25) is 0 Å². The monoisotopic (exact) mass is 383 g/mol. The lowest BCUT2D eigenvalue weighted by molar-refractivity contribution is -0.940. The van der Waals surface area contributed by atoms with Crippen LogP contribution < -0.4 is 13.8 Å². The Bertz CT molecular complexity index is 735. The average molecular weight is 383 g/mol. The standard InChI is InChI=1S/C18H26N2O5S/c1-14-6-4-8-16(12-14)25-26(22,23)19-18(21)24-13-15-7-5-11-20-10-3-2-9-17(15)20/h4,6,8,12,15,17H,2-3,5,7,9-11,13H2,1H3,(H,19,21)/p+1. The van der Waals surface area contributed by atoms with Crippen molar-refractivity contribution < 1.29 is 27.0 Å². The lowest BCUT2D eigenvalue weighted by Crippen LogP contribution is -3.18. The Morgan fingerprint density at radius 3 is 2.85 bits per heavy atom. The minimum Gasteiger partial charge on any atom is -0.448 e. The average Bonchev–Trinajstić information content (AvgIpc) is 2.59. The number of aryl methyl sites for hydroxylation is 1. The van der Waals surface area contributed by atoms with Crippen LogP contribution in [0.25, 0.3) is 0 Å². The second kappa shape index (κ2) is 8.26. The smallest absolute Gasteiger partial charge is 0.423 e. The second-order valence-electron chi connectivity index (χ2n) is 7.22. The molecule has 2 aliphatic heterocycles. The molecule has 144 valence electrons.